The Balaban J connectivity index is 2.00. The molecule has 3 aromatic carbocycles. The minimum atomic E-state index is -4.43. The Hall–Kier alpha value is -3.74. The first-order chi connectivity index (χ1) is 18.4. The molecule has 0 saturated carbocycles. The summed E-state index contributed by atoms with van der Waals surface area (Å²) >= 11 is 12.2. The first-order valence-electron chi connectivity index (χ1n) is 11.7. The molecule has 0 aliphatic rings. The molecule has 0 spiro atoms. The lowest BCUT2D eigenvalue weighted by Gasteiger charge is -2.30. The summed E-state index contributed by atoms with van der Waals surface area (Å²) in [6.07, 6.45) is -7.06. The van der Waals surface area contributed by atoms with Crippen molar-refractivity contribution >= 4 is 35.1 Å². The highest BCUT2D eigenvalue weighted by Gasteiger charge is 2.34. The summed E-state index contributed by atoms with van der Waals surface area (Å²) in [4.78, 5) is 23.0. The third kappa shape index (κ3) is 9.20. The van der Waals surface area contributed by atoms with Crippen LogP contribution >= 0.6 is 23.2 Å². The molecule has 0 saturated heterocycles. The smallest absolute Gasteiger partial charge is 0.389 e. The van der Waals surface area contributed by atoms with E-state index in [0.717, 1.165) is 0 Å². The number of ether oxygens (including phenoxy) is 1. The fourth-order valence-corrected chi connectivity index (χ4v) is 4.31. The third-order valence-corrected chi connectivity index (χ3v) is 6.26. The number of nitrogens with zero attached hydrogens (tertiary/aromatic N) is 1. The molecule has 0 unspecified atom stereocenters. The van der Waals surface area contributed by atoms with Crippen molar-refractivity contribution in [3.63, 3.8) is 0 Å². The number of benzene rings is 3. The van der Waals surface area contributed by atoms with Crippen LogP contribution < -0.4 is 10.1 Å². The number of carbonyl (C=O) groups excluding carboxylic acids is 1. The molecule has 3 rings (SSSR count). The quantitative estimate of drug-likeness (QED) is 0.248. The summed E-state index contributed by atoms with van der Waals surface area (Å²) in [7, 11) is 0. The van der Waals surface area contributed by atoms with Crippen molar-refractivity contribution < 1.29 is 32.6 Å². The Bertz CT molecular complexity index is 1340. The summed E-state index contributed by atoms with van der Waals surface area (Å²) in [6.45, 7) is -0.0685. The van der Waals surface area contributed by atoms with E-state index in [4.69, 9.17) is 33.0 Å². The minimum Gasteiger partial charge on any atom is -0.485 e. The van der Waals surface area contributed by atoms with Gasteiger partial charge in [-0.3, -0.25) is 9.59 Å². The van der Waals surface area contributed by atoms with E-state index in [-0.39, 0.29) is 41.3 Å². The molecule has 0 radical (unpaired) electrons. The van der Waals surface area contributed by atoms with E-state index in [0.29, 0.717) is 16.1 Å². The van der Waals surface area contributed by atoms with E-state index < -0.39 is 36.5 Å². The SMILES string of the molecule is N#Cc1cc(Cl)cc(O[C@@H](c2ccc(Cl)cc2)[C@H](CCC(F)(F)F)c2ccc(C(=O)NCCC(=O)O)cc2)c1. The number of carbonyl (C=O) groups is 2. The van der Waals surface area contributed by atoms with Crippen molar-refractivity contribution in [2.24, 2.45) is 0 Å². The Morgan fingerprint density at radius 3 is 2.21 bits per heavy atom. The first-order valence-corrected chi connectivity index (χ1v) is 12.5. The van der Waals surface area contributed by atoms with Crippen LogP contribution in [0, 0.1) is 11.3 Å². The van der Waals surface area contributed by atoms with Crippen LogP contribution in [0.15, 0.2) is 66.7 Å². The van der Waals surface area contributed by atoms with Crippen molar-refractivity contribution in [1.82, 2.24) is 5.32 Å². The molecule has 2 atom stereocenters. The topological polar surface area (TPSA) is 99.4 Å². The first kappa shape index (κ1) is 29.8. The molecule has 11 heteroatoms. The van der Waals surface area contributed by atoms with Gasteiger partial charge in [0.25, 0.3) is 5.91 Å². The molecule has 6 nitrogen and oxygen atoms in total. The number of carboxylic acids is 1. The summed E-state index contributed by atoms with van der Waals surface area (Å²) in [6, 6.07) is 18.8. The maximum atomic E-state index is 13.4. The molecular formula is C28H23Cl2F3N2O4. The van der Waals surface area contributed by atoms with Gasteiger partial charge in [-0.25, -0.2) is 0 Å². The molecule has 0 heterocycles. The summed E-state index contributed by atoms with van der Waals surface area (Å²) in [5.74, 6) is -2.21. The number of aliphatic carboxylic acids is 1. The Morgan fingerprint density at radius 2 is 1.62 bits per heavy atom. The van der Waals surface area contributed by atoms with Crippen LogP contribution in [0.25, 0.3) is 0 Å². The van der Waals surface area contributed by atoms with Gasteiger partial charge in [-0.2, -0.15) is 18.4 Å². The van der Waals surface area contributed by atoms with Crippen LogP contribution in [-0.2, 0) is 4.79 Å². The van der Waals surface area contributed by atoms with E-state index >= 15 is 0 Å². The zero-order valence-electron chi connectivity index (χ0n) is 20.3. The number of rotatable bonds is 11. The van der Waals surface area contributed by atoms with E-state index in [9.17, 15) is 28.0 Å². The maximum Gasteiger partial charge on any atom is 0.389 e. The predicted octanol–water partition coefficient (Wildman–Crippen LogP) is 7.32. The van der Waals surface area contributed by atoms with E-state index in [1.54, 1.807) is 24.3 Å². The molecule has 0 aliphatic carbocycles. The van der Waals surface area contributed by atoms with Crippen molar-refractivity contribution in [3.8, 4) is 11.8 Å². The molecule has 1 amide bonds. The lowest BCUT2D eigenvalue weighted by atomic mass is 9.85. The number of nitriles is 1. The van der Waals surface area contributed by atoms with Crippen molar-refractivity contribution in [2.75, 3.05) is 6.54 Å². The molecule has 0 fully saturated rings. The van der Waals surface area contributed by atoms with Crippen LogP contribution in [-0.4, -0.2) is 29.7 Å². The van der Waals surface area contributed by atoms with Gasteiger partial charge in [0, 0.05) is 34.5 Å². The van der Waals surface area contributed by atoms with Crippen molar-refractivity contribution in [3.05, 3.63) is 99.0 Å². The van der Waals surface area contributed by atoms with E-state index in [2.05, 4.69) is 5.32 Å². The number of nitrogens with one attached hydrogen (secondary N) is 1. The number of carboxylic acid groups (broad SMARTS) is 1. The fourth-order valence-electron chi connectivity index (χ4n) is 3.96. The fraction of sp³-hybridized carbons (Fsp3) is 0.250. The van der Waals surface area contributed by atoms with Gasteiger partial charge in [-0.1, -0.05) is 47.5 Å². The lowest BCUT2D eigenvalue weighted by Crippen LogP contribution is -2.26. The van der Waals surface area contributed by atoms with Crippen LogP contribution in [0.1, 0.15) is 58.3 Å². The zero-order chi connectivity index (χ0) is 28.6. The number of halogens is 5. The van der Waals surface area contributed by atoms with E-state index in [1.807, 2.05) is 6.07 Å². The third-order valence-electron chi connectivity index (χ3n) is 5.79. The molecule has 0 bridgehead atoms. The van der Waals surface area contributed by atoms with Crippen LogP contribution in [0.2, 0.25) is 10.0 Å². The van der Waals surface area contributed by atoms with Crippen LogP contribution in [0.4, 0.5) is 13.2 Å². The highest BCUT2D eigenvalue weighted by Crippen LogP contribution is 2.41. The lowest BCUT2D eigenvalue weighted by molar-refractivity contribution is -0.138. The predicted molar refractivity (Wildman–Crippen MR) is 140 cm³/mol. The van der Waals surface area contributed by atoms with Gasteiger partial charge in [0.1, 0.15) is 11.9 Å². The highest BCUT2D eigenvalue weighted by molar-refractivity contribution is 6.31. The van der Waals surface area contributed by atoms with Crippen LogP contribution in [0.3, 0.4) is 0 Å². The molecular weight excluding hydrogens is 556 g/mol. The summed E-state index contributed by atoms with van der Waals surface area (Å²) in [5, 5.41) is 21.2. The largest absolute Gasteiger partial charge is 0.485 e. The Labute approximate surface area is 232 Å². The van der Waals surface area contributed by atoms with Crippen LogP contribution in [0.5, 0.6) is 5.75 Å². The second-order valence-electron chi connectivity index (χ2n) is 8.66. The zero-order valence-corrected chi connectivity index (χ0v) is 21.9. The van der Waals surface area contributed by atoms with Crippen molar-refractivity contribution in [2.45, 2.75) is 37.5 Å². The van der Waals surface area contributed by atoms with Gasteiger partial charge >= 0.3 is 12.1 Å². The number of hydrogen-bond acceptors (Lipinski definition) is 4. The van der Waals surface area contributed by atoms with Gasteiger partial charge in [0.15, 0.2) is 0 Å². The second-order valence-corrected chi connectivity index (χ2v) is 9.53. The number of alkyl halides is 3. The molecule has 39 heavy (non-hydrogen) atoms. The molecule has 0 aliphatic heterocycles. The highest BCUT2D eigenvalue weighted by atomic mass is 35.5. The number of hydrogen-bond donors (Lipinski definition) is 2. The van der Waals surface area contributed by atoms with Crippen molar-refractivity contribution in [1.29, 1.82) is 5.26 Å². The summed E-state index contributed by atoms with van der Waals surface area (Å²) < 4.78 is 46.3. The van der Waals surface area contributed by atoms with E-state index in [1.165, 1.54) is 42.5 Å². The standard InChI is InChI=1S/C28H23Cl2F3N2O4/c29-21-7-5-19(6-8-21)26(39-23-14-17(16-34)13-22(30)15-23)24(9-11-28(31,32)33)18-1-3-20(4-2-18)27(38)35-12-10-25(36)37/h1-8,13-15,24,26H,9-12H2,(H,35,38)(H,36,37)/t24-,26+/m1/s1. The average molecular weight is 579 g/mol. The molecule has 3 aromatic rings. The second kappa shape index (κ2) is 13.4. The molecule has 0 aromatic heterocycles. The van der Waals surface area contributed by atoms with Gasteiger partial charge in [-0.05, 0) is 60.0 Å². The minimum absolute atomic E-state index is 0.0685. The van der Waals surface area contributed by atoms with Gasteiger partial charge in [0.2, 0.25) is 0 Å². The Morgan fingerprint density at radius 1 is 0.974 bits per heavy atom. The summed E-state index contributed by atoms with van der Waals surface area (Å²) in [5.41, 5.74) is 1.46. The molecule has 2 N–H and O–H groups in total. The average Bonchev–Trinajstić information content (AvgIpc) is 2.87. The normalized spacial score (nSPS) is 12.7. The van der Waals surface area contributed by atoms with Gasteiger partial charge < -0.3 is 15.2 Å². The Kier molecular flexibility index (Phi) is 10.2. The van der Waals surface area contributed by atoms with Gasteiger partial charge in [0.05, 0.1) is 18.1 Å². The molecule has 204 valence electrons. The van der Waals surface area contributed by atoms with Gasteiger partial charge in [-0.15, -0.1) is 0 Å². The maximum absolute atomic E-state index is 13.4. The number of amides is 1. The monoisotopic (exact) mass is 578 g/mol.